The van der Waals surface area contributed by atoms with Gasteiger partial charge in [0.2, 0.25) is 6.29 Å². The first-order valence-corrected chi connectivity index (χ1v) is 13.8. The Hall–Kier alpha value is -2.35. The van der Waals surface area contributed by atoms with E-state index in [1.807, 2.05) is 36.1 Å². The first-order chi connectivity index (χ1) is 17.7. The van der Waals surface area contributed by atoms with Gasteiger partial charge in [0.15, 0.2) is 5.76 Å². The van der Waals surface area contributed by atoms with Crippen molar-refractivity contribution in [3.63, 3.8) is 0 Å². The number of rotatable bonds is 8. The van der Waals surface area contributed by atoms with Crippen LogP contribution in [-0.4, -0.2) is 72.5 Å². The van der Waals surface area contributed by atoms with Gasteiger partial charge in [-0.1, -0.05) is 24.6 Å². The first kappa shape index (κ1) is 25.3. The van der Waals surface area contributed by atoms with Gasteiger partial charge in [0.1, 0.15) is 5.58 Å². The number of carbonyl (C=O) groups excluding carboxylic acids is 1. The minimum atomic E-state index is -0.546. The van der Waals surface area contributed by atoms with Gasteiger partial charge in [0, 0.05) is 55.1 Å². The second-order valence-electron chi connectivity index (χ2n) is 10.3. The molecule has 4 heterocycles. The van der Waals surface area contributed by atoms with Gasteiger partial charge >= 0.3 is 0 Å². The molecule has 5 rings (SSSR count). The number of furan rings is 1. The van der Waals surface area contributed by atoms with Crippen LogP contribution in [0.3, 0.4) is 0 Å². The molecule has 1 aromatic heterocycles. The number of ether oxygens (including phenoxy) is 2. The number of amides is 1. The summed E-state index contributed by atoms with van der Waals surface area (Å²) in [6.07, 6.45) is 10.6. The average Bonchev–Trinajstić information content (AvgIpc) is 3.36. The highest BCUT2D eigenvalue weighted by atomic mass is 16.7. The van der Waals surface area contributed by atoms with E-state index in [-0.39, 0.29) is 24.3 Å². The summed E-state index contributed by atoms with van der Waals surface area (Å²) in [5.74, 6) is 0.199. The third kappa shape index (κ3) is 5.34. The minimum Gasteiger partial charge on any atom is -0.464 e. The lowest BCUT2D eigenvalue weighted by Crippen LogP contribution is -2.49. The molecular formula is C29H40N2O5. The average molecular weight is 497 g/mol. The molecule has 1 N–H and O–H groups in total. The maximum Gasteiger partial charge on any atom is 0.288 e. The number of carbonyl (C=O) groups is 1. The molecule has 7 heteroatoms. The van der Waals surface area contributed by atoms with E-state index in [1.54, 1.807) is 6.26 Å². The van der Waals surface area contributed by atoms with Gasteiger partial charge in [-0.3, -0.25) is 4.79 Å². The number of likely N-dealkylation sites (tertiary alicyclic amines) is 2. The molecule has 1 amide bonds. The molecule has 3 aliphatic heterocycles. The van der Waals surface area contributed by atoms with Gasteiger partial charge in [0.05, 0.1) is 6.26 Å². The van der Waals surface area contributed by atoms with Gasteiger partial charge in [-0.2, -0.15) is 0 Å². The molecule has 3 unspecified atom stereocenters. The number of hydrogen-bond donors (Lipinski definition) is 1. The van der Waals surface area contributed by atoms with Gasteiger partial charge in [-0.25, -0.2) is 0 Å². The van der Waals surface area contributed by atoms with Crippen molar-refractivity contribution < 1.29 is 23.8 Å². The van der Waals surface area contributed by atoms with Crippen LogP contribution in [-0.2, 0) is 14.3 Å². The summed E-state index contributed by atoms with van der Waals surface area (Å²) in [4.78, 5) is 18.3. The van der Waals surface area contributed by atoms with E-state index in [4.69, 9.17) is 13.9 Å². The van der Waals surface area contributed by atoms with Crippen LogP contribution >= 0.6 is 0 Å². The van der Waals surface area contributed by atoms with Gasteiger partial charge in [-0.05, 0) is 70.7 Å². The normalized spacial score (nSPS) is 26.1. The van der Waals surface area contributed by atoms with Crippen molar-refractivity contribution in [1.82, 2.24) is 9.80 Å². The quantitative estimate of drug-likeness (QED) is 0.573. The Morgan fingerprint density at radius 3 is 2.64 bits per heavy atom. The van der Waals surface area contributed by atoms with Crippen molar-refractivity contribution in [2.75, 3.05) is 39.4 Å². The number of aliphatic hydroxyl groups excluding tert-OH is 1. The second-order valence-corrected chi connectivity index (χ2v) is 10.3. The number of nitrogens with zero attached hydrogens (tertiary/aromatic N) is 2. The Kier molecular flexibility index (Phi) is 8.29. The fourth-order valence-corrected chi connectivity index (χ4v) is 6.24. The number of benzene rings is 1. The predicted molar refractivity (Wildman–Crippen MR) is 138 cm³/mol. The minimum absolute atomic E-state index is 0.0282. The van der Waals surface area contributed by atoms with E-state index in [1.165, 1.54) is 32.4 Å². The van der Waals surface area contributed by atoms with Gasteiger partial charge < -0.3 is 28.8 Å². The molecule has 0 bridgehead atoms. The molecule has 0 aliphatic carbocycles. The molecule has 2 saturated heterocycles. The summed E-state index contributed by atoms with van der Waals surface area (Å²) in [5.41, 5.74) is 1.87. The summed E-state index contributed by atoms with van der Waals surface area (Å²) >= 11 is 0. The molecule has 3 aliphatic rings. The molecule has 0 spiro atoms. The number of allylic oxidation sites excluding steroid dienone is 1. The molecule has 1 aromatic carbocycles. The van der Waals surface area contributed by atoms with E-state index < -0.39 is 6.29 Å². The number of aliphatic hydroxyl groups is 1. The zero-order chi connectivity index (χ0) is 24.9. The standard InChI is InChI=1S/C29H40N2O5/c1-2-34-29-23(10-8-18-32)24(25-20-35-26-11-5-4-9-22(25)26)19-27(36-29)28(33)31-16-12-21(13-17-31)30-14-6-3-7-15-30/h4-5,9,11,19-21,23-24,29,32H,2-3,6-8,10,12-18H2,1H3. The third-order valence-corrected chi connectivity index (χ3v) is 8.15. The maximum absolute atomic E-state index is 13.7. The van der Waals surface area contributed by atoms with Crippen LogP contribution in [0.25, 0.3) is 11.0 Å². The highest BCUT2D eigenvalue weighted by Gasteiger charge is 2.40. The summed E-state index contributed by atoms with van der Waals surface area (Å²) in [6.45, 7) is 6.44. The van der Waals surface area contributed by atoms with E-state index >= 15 is 0 Å². The maximum atomic E-state index is 13.7. The summed E-state index contributed by atoms with van der Waals surface area (Å²) < 4.78 is 18.2. The largest absolute Gasteiger partial charge is 0.464 e. The summed E-state index contributed by atoms with van der Waals surface area (Å²) in [7, 11) is 0. The fourth-order valence-electron chi connectivity index (χ4n) is 6.24. The fraction of sp³-hybridized carbons (Fsp3) is 0.621. The highest BCUT2D eigenvalue weighted by Crippen LogP contribution is 2.42. The number of para-hydroxylation sites is 1. The molecule has 36 heavy (non-hydrogen) atoms. The van der Waals surface area contributed by atoms with Crippen molar-refractivity contribution >= 4 is 16.9 Å². The molecule has 196 valence electrons. The molecule has 0 saturated carbocycles. The lowest BCUT2D eigenvalue weighted by atomic mass is 9.80. The molecule has 2 fully saturated rings. The zero-order valence-corrected chi connectivity index (χ0v) is 21.4. The molecule has 7 nitrogen and oxygen atoms in total. The van der Waals surface area contributed by atoms with E-state index in [9.17, 15) is 9.90 Å². The molecule has 2 aromatic rings. The number of piperidine rings is 2. The number of hydrogen-bond acceptors (Lipinski definition) is 6. The smallest absolute Gasteiger partial charge is 0.288 e. The topological polar surface area (TPSA) is 75.4 Å². The summed E-state index contributed by atoms with van der Waals surface area (Å²) in [5, 5.41) is 10.6. The van der Waals surface area contributed by atoms with Crippen molar-refractivity contribution in [3.8, 4) is 0 Å². The molecular weight excluding hydrogens is 456 g/mol. The van der Waals surface area contributed by atoms with Crippen LogP contribution < -0.4 is 0 Å². The van der Waals surface area contributed by atoms with Crippen molar-refractivity contribution in [1.29, 1.82) is 0 Å². The lowest BCUT2D eigenvalue weighted by molar-refractivity contribution is -0.170. The van der Waals surface area contributed by atoms with Crippen molar-refractivity contribution in [2.45, 2.75) is 70.1 Å². The molecule has 3 atom stereocenters. The second kappa shape index (κ2) is 11.8. The Morgan fingerprint density at radius 1 is 1.11 bits per heavy atom. The Balaban J connectivity index is 1.38. The van der Waals surface area contributed by atoms with E-state index in [0.29, 0.717) is 24.8 Å². The Bertz CT molecular complexity index is 1040. The van der Waals surface area contributed by atoms with Crippen molar-refractivity contribution in [2.24, 2.45) is 5.92 Å². The van der Waals surface area contributed by atoms with Crippen LogP contribution in [0.1, 0.15) is 63.4 Å². The van der Waals surface area contributed by atoms with Gasteiger partial charge in [-0.15, -0.1) is 0 Å². The first-order valence-electron chi connectivity index (χ1n) is 13.8. The van der Waals surface area contributed by atoms with Crippen LogP contribution in [0.5, 0.6) is 0 Å². The summed E-state index contributed by atoms with van der Waals surface area (Å²) in [6, 6.07) is 8.57. The highest BCUT2D eigenvalue weighted by molar-refractivity contribution is 5.92. The van der Waals surface area contributed by atoms with Crippen LogP contribution in [0.15, 0.2) is 46.8 Å². The van der Waals surface area contributed by atoms with Crippen LogP contribution in [0.4, 0.5) is 0 Å². The Labute approximate surface area is 214 Å². The Morgan fingerprint density at radius 2 is 1.89 bits per heavy atom. The van der Waals surface area contributed by atoms with E-state index in [0.717, 1.165) is 48.9 Å². The zero-order valence-electron chi connectivity index (χ0n) is 21.4. The third-order valence-electron chi connectivity index (χ3n) is 8.15. The van der Waals surface area contributed by atoms with E-state index in [2.05, 4.69) is 11.0 Å². The van der Waals surface area contributed by atoms with Crippen molar-refractivity contribution in [3.05, 3.63) is 47.9 Å². The monoisotopic (exact) mass is 496 g/mol. The molecule has 0 radical (unpaired) electrons. The lowest BCUT2D eigenvalue weighted by Gasteiger charge is -2.41. The number of fused-ring (bicyclic) bond motifs is 1. The SMILES string of the molecule is CCOC1OC(C(=O)N2CCC(N3CCCCC3)CC2)=CC(c2coc3ccccc23)C1CCCO. The van der Waals surface area contributed by atoms with Crippen LogP contribution in [0.2, 0.25) is 0 Å². The predicted octanol–water partition coefficient (Wildman–Crippen LogP) is 4.66. The van der Waals surface area contributed by atoms with Gasteiger partial charge in [0.25, 0.3) is 5.91 Å². The van der Waals surface area contributed by atoms with Crippen LogP contribution in [0, 0.1) is 5.92 Å².